The summed E-state index contributed by atoms with van der Waals surface area (Å²) in [6, 6.07) is 15.4. The van der Waals surface area contributed by atoms with Crippen molar-refractivity contribution in [3.05, 3.63) is 65.2 Å². The van der Waals surface area contributed by atoms with Gasteiger partial charge in [0.15, 0.2) is 6.61 Å². The van der Waals surface area contributed by atoms with Crippen LogP contribution in [0.1, 0.15) is 49.3 Å². The van der Waals surface area contributed by atoms with E-state index in [0.29, 0.717) is 31.8 Å². The van der Waals surface area contributed by atoms with Gasteiger partial charge in [0, 0.05) is 13.1 Å². The standard InChI is InChI=1S/C24H29NO4/c1-17(2)20-10-9-18(3)15-21(20)29-16-22(26)25-13-11-24(12-14-25,23(27)28)19-7-5-4-6-8-19/h4-10,15,17H,11-14,16H2,1-3H3,(H,27,28). The molecule has 1 fully saturated rings. The van der Waals surface area contributed by atoms with E-state index in [-0.39, 0.29) is 12.5 Å². The van der Waals surface area contributed by atoms with Gasteiger partial charge in [-0.25, -0.2) is 0 Å². The Hall–Kier alpha value is -2.82. The van der Waals surface area contributed by atoms with Gasteiger partial charge in [0.25, 0.3) is 5.91 Å². The average molecular weight is 395 g/mol. The highest BCUT2D eigenvalue weighted by atomic mass is 16.5. The molecule has 0 aromatic heterocycles. The number of likely N-dealkylation sites (tertiary alicyclic amines) is 1. The number of rotatable bonds is 6. The molecular formula is C24H29NO4. The largest absolute Gasteiger partial charge is 0.483 e. The molecule has 0 aliphatic carbocycles. The maximum Gasteiger partial charge on any atom is 0.314 e. The fourth-order valence-electron chi connectivity index (χ4n) is 4.00. The third-order valence-corrected chi connectivity index (χ3v) is 5.85. The highest BCUT2D eigenvalue weighted by Crippen LogP contribution is 2.36. The average Bonchev–Trinajstić information content (AvgIpc) is 2.72. The van der Waals surface area contributed by atoms with Crippen molar-refractivity contribution in [1.29, 1.82) is 0 Å². The number of hydrogen-bond acceptors (Lipinski definition) is 3. The second-order valence-corrected chi connectivity index (χ2v) is 8.12. The Kier molecular flexibility index (Phi) is 6.26. The van der Waals surface area contributed by atoms with E-state index in [4.69, 9.17) is 4.74 Å². The zero-order valence-corrected chi connectivity index (χ0v) is 17.4. The summed E-state index contributed by atoms with van der Waals surface area (Å²) in [5, 5.41) is 9.90. The molecule has 1 amide bonds. The number of carbonyl (C=O) groups is 2. The molecule has 1 aliphatic heterocycles. The maximum atomic E-state index is 12.7. The van der Waals surface area contributed by atoms with E-state index in [1.54, 1.807) is 4.90 Å². The summed E-state index contributed by atoms with van der Waals surface area (Å²) in [5.74, 6) is 0.119. The number of ether oxygens (including phenoxy) is 1. The molecule has 0 saturated carbocycles. The van der Waals surface area contributed by atoms with E-state index in [9.17, 15) is 14.7 Å². The van der Waals surface area contributed by atoms with Crippen LogP contribution in [-0.2, 0) is 15.0 Å². The van der Waals surface area contributed by atoms with Gasteiger partial charge in [-0.1, -0.05) is 56.3 Å². The summed E-state index contributed by atoms with van der Waals surface area (Å²) in [6.45, 7) is 6.98. The van der Waals surface area contributed by atoms with Gasteiger partial charge in [0.1, 0.15) is 5.75 Å². The second kappa shape index (κ2) is 8.68. The van der Waals surface area contributed by atoms with Crippen LogP contribution in [0.3, 0.4) is 0 Å². The van der Waals surface area contributed by atoms with Crippen LogP contribution in [0, 0.1) is 6.92 Å². The van der Waals surface area contributed by atoms with Crippen molar-refractivity contribution in [3.8, 4) is 5.75 Å². The van der Waals surface area contributed by atoms with E-state index < -0.39 is 11.4 Å². The first-order valence-electron chi connectivity index (χ1n) is 10.1. The molecule has 5 heteroatoms. The molecule has 1 heterocycles. The van der Waals surface area contributed by atoms with Crippen molar-refractivity contribution >= 4 is 11.9 Å². The lowest BCUT2D eigenvalue weighted by molar-refractivity contribution is -0.148. The fourth-order valence-corrected chi connectivity index (χ4v) is 4.00. The number of amides is 1. The Balaban J connectivity index is 1.65. The number of aryl methyl sites for hydroxylation is 1. The van der Waals surface area contributed by atoms with Crippen molar-refractivity contribution in [2.45, 2.75) is 44.9 Å². The van der Waals surface area contributed by atoms with Crippen LogP contribution in [0.25, 0.3) is 0 Å². The summed E-state index contributed by atoms with van der Waals surface area (Å²) in [6.07, 6.45) is 0.805. The van der Waals surface area contributed by atoms with Crippen molar-refractivity contribution in [2.24, 2.45) is 0 Å². The molecule has 1 aliphatic rings. The predicted molar refractivity (Wildman–Crippen MR) is 112 cm³/mol. The van der Waals surface area contributed by atoms with Gasteiger partial charge in [0.05, 0.1) is 5.41 Å². The van der Waals surface area contributed by atoms with Gasteiger partial charge in [0.2, 0.25) is 0 Å². The quantitative estimate of drug-likeness (QED) is 0.798. The third kappa shape index (κ3) is 4.44. The molecule has 1 saturated heterocycles. The zero-order chi connectivity index (χ0) is 21.0. The molecule has 1 N–H and O–H groups in total. The predicted octanol–water partition coefficient (Wildman–Crippen LogP) is 4.14. The van der Waals surface area contributed by atoms with E-state index in [1.807, 2.05) is 55.5 Å². The maximum absolute atomic E-state index is 12.7. The number of carboxylic acids is 1. The molecule has 0 unspecified atom stereocenters. The Morgan fingerprint density at radius 2 is 1.76 bits per heavy atom. The number of benzene rings is 2. The first-order chi connectivity index (χ1) is 13.8. The zero-order valence-electron chi connectivity index (χ0n) is 17.4. The molecule has 2 aromatic carbocycles. The fraction of sp³-hybridized carbons (Fsp3) is 0.417. The minimum absolute atomic E-state index is 0.0332. The first-order valence-corrected chi connectivity index (χ1v) is 10.1. The molecule has 2 aromatic rings. The van der Waals surface area contributed by atoms with Gasteiger partial charge in [-0.05, 0) is 48.4 Å². The lowest BCUT2D eigenvalue weighted by Crippen LogP contribution is -2.50. The summed E-state index contributed by atoms with van der Waals surface area (Å²) >= 11 is 0. The minimum Gasteiger partial charge on any atom is -0.483 e. The van der Waals surface area contributed by atoms with E-state index >= 15 is 0 Å². The second-order valence-electron chi connectivity index (χ2n) is 8.12. The number of nitrogens with zero attached hydrogens (tertiary/aromatic N) is 1. The van der Waals surface area contributed by atoms with Crippen LogP contribution in [-0.4, -0.2) is 41.6 Å². The highest BCUT2D eigenvalue weighted by Gasteiger charge is 2.43. The van der Waals surface area contributed by atoms with Crippen LogP contribution >= 0.6 is 0 Å². The SMILES string of the molecule is Cc1ccc(C(C)C)c(OCC(=O)N2CCC(C(=O)O)(c3ccccc3)CC2)c1. The molecular weight excluding hydrogens is 366 g/mol. The Bertz CT molecular complexity index is 868. The molecule has 0 bridgehead atoms. The monoisotopic (exact) mass is 395 g/mol. The highest BCUT2D eigenvalue weighted by molar-refractivity contribution is 5.83. The Labute approximate surface area is 172 Å². The van der Waals surface area contributed by atoms with Crippen LogP contribution in [0.15, 0.2) is 48.5 Å². The number of aliphatic carboxylic acids is 1. The van der Waals surface area contributed by atoms with Crippen LogP contribution in [0.5, 0.6) is 5.75 Å². The van der Waals surface area contributed by atoms with Crippen LogP contribution in [0.2, 0.25) is 0 Å². The van der Waals surface area contributed by atoms with Gasteiger partial charge in [-0.3, -0.25) is 9.59 Å². The van der Waals surface area contributed by atoms with Gasteiger partial charge in [-0.2, -0.15) is 0 Å². The van der Waals surface area contributed by atoms with Gasteiger partial charge in [-0.15, -0.1) is 0 Å². The van der Waals surface area contributed by atoms with Crippen LogP contribution < -0.4 is 4.74 Å². The van der Waals surface area contributed by atoms with Crippen molar-refractivity contribution < 1.29 is 19.4 Å². The summed E-state index contributed by atoms with van der Waals surface area (Å²) in [7, 11) is 0. The van der Waals surface area contributed by atoms with Crippen LogP contribution in [0.4, 0.5) is 0 Å². The molecule has 5 nitrogen and oxygen atoms in total. The van der Waals surface area contributed by atoms with Crippen molar-refractivity contribution in [3.63, 3.8) is 0 Å². The summed E-state index contributed by atoms with van der Waals surface area (Å²) < 4.78 is 5.87. The third-order valence-electron chi connectivity index (χ3n) is 5.85. The van der Waals surface area contributed by atoms with Gasteiger partial charge < -0.3 is 14.7 Å². The van der Waals surface area contributed by atoms with E-state index in [1.165, 1.54) is 0 Å². The normalized spacial score (nSPS) is 15.9. The van der Waals surface area contributed by atoms with Gasteiger partial charge >= 0.3 is 5.97 Å². The number of carbonyl (C=O) groups excluding carboxylic acids is 1. The molecule has 0 radical (unpaired) electrons. The molecule has 0 atom stereocenters. The number of piperidine rings is 1. The summed E-state index contributed by atoms with van der Waals surface area (Å²) in [4.78, 5) is 26.5. The van der Waals surface area contributed by atoms with E-state index in [0.717, 1.165) is 22.4 Å². The smallest absolute Gasteiger partial charge is 0.314 e. The molecule has 0 spiro atoms. The summed E-state index contributed by atoms with van der Waals surface area (Å²) in [5.41, 5.74) is 2.04. The Morgan fingerprint density at radius 3 is 2.34 bits per heavy atom. The molecule has 154 valence electrons. The molecule has 3 rings (SSSR count). The number of carboxylic acid groups (broad SMARTS) is 1. The molecule has 29 heavy (non-hydrogen) atoms. The van der Waals surface area contributed by atoms with Crippen molar-refractivity contribution in [1.82, 2.24) is 4.90 Å². The lowest BCUT2D eigenvalue weighted by Gasteiger charge is -2.39. The van der Waals surface area contributed by atoms with E-state index in [2.05, 4.69) is 13.8 Å². The van der Waals surface area contributed by atoms with Crippen molar-refractivity contribution in [2.75, 3.05) is 19.7 Å². The lowest BCUT2D eigenvalue weighted by atomic mass is 9.73. The topological polar surface area (TPSA) is 66.8 Å². The Morgan fingerprint density at radius 1 is 1.10 bits per heavy atom. The first kappa shape index (κ1) is 20.9. The minimum atomic E-state index is -0.930. The number of hydrogen-bond donors (Lipinski definition) is 1.